The molecule has 5 rings (SSSR count). The van der Waals surface area contributed by atoms with Gasteiger partial charge in [0.25, 0.3) is 5.91 Å². The number of fused-ring (bicyclic) bond motifs is 1. The molecule has 0 saturated carbocycles. The maximum absolute atomic E-state index is 13.6. The number of carbonyl (C=O) groups excluding carboxylic acids is 1. The Kier molecular flexibility index (Phi) is 5.77. The third-order valence-corrected chi connectivity index (χ3v) is 6.24. The van der Waals surface area contributed by atoms with Crippen molar-refractivity contribution in [3.63, 3.8) is 0 Å². The van der Waals surface area contributed by atoms with E-state index in [2.05, 4.69) is 10.3 Å². The number of amides is 1. The van der Waals surface area contributed by atoms with E-state index in [1.807, 2.05) is 52.8 Å². The number of benzene rings is 2. The Hall–Kier alpha value is -3.74. The first-order chi connectivity index (χ1) is 16.1. The number of hydrogen-bond donors (Lipinski definition) is 1. The Morgan fingerprint density at radius 1 is 1.03 bits per heavy atom. The van der Waals surface area contributed by atoms with E-state index in [0.717, 1.165) is 54.6 Å². The van der Waals surface area contributed by atoms with Crippen LogP contribution in [0, 0.1) is 5.82 Å². The first-order valence-corrected chi connectivity index (χ1v) is 11.3. The quantitative estimate of drug-likeness (QED) is 0.461. The lowest BCUT2D eigenvalue weighted by atomic mass is 10.0. The van der Waals surface area contributed by atoms with E-state index in [1.165, 1.54) is 12.1 Å². The highest BCUT2D eigenvalue weighted by Gasteiger charge is 2.28. The SMILES string of the molecule is Cn1ccnc1C(NC(=O)c1nn(-c2ccccc2)c2c1CCCCC2)c1ccc(F)cc1. The second-order valence-corrected chi connectivity index (χ2v) is 8.44. The van der Waals surface area contributed by atoms with Crippen LogP contribution in [0.3, 0.4) is 0 Å². The summed E-state index contributed by atoms with van der Waals surface area (Å²) in [5.41, 5.74) is 4.30. The van der Waals surface area contributed by atoms with Gasteiger partial charge in [0.1, 0.15) is 17.7 Å². The fraction of sp³-hybridized carbons (Fsp3) is 0.269. The zero-order chi connectivity index (χ0) is 22.8. The summed E-state index contributed by atoms with van der Waals surface area (Å²) in [6.07, 6.45) is 8.49. The van der Waals surface area contributed by atoms with Crippen LogP contribution in [0.2, 0.25) is 0 Å². The summed E-state index contributed by atoms with van der Waals surface area (Å²) in [5.74, 6) is 0.0966. The summed E-state index contributed by atoms with van der Waals surface area (Å²) in [4.78, 5) is 18.1. The second kappa shape index (κ2) is 9.02. The molecule has 1 amide bonds. The molecule has 1 aliphatic rings. The van der Waals surface area contributed by atoms with Gasteiger partial charge < -0.3 is 9.88 Å². The van der Waals surface area contributed by atoms with Crippen LogP contribution in [-0.2, 0) is 19.9 Å². The minimum Gasteiger partial charge on any atom is -0.337 e. The smallest absolute Gasteiger partial charge is 0.272 e. The molecular weight excluding hydrogens is 417 g/mol. The van der Waals surface area contributed by atoms with E-state index in [-0.39, 0.29) is 11.7 Å². The second-order valence-electron chi connectivity index (χ2n) is 8.44. The number of imidazole rings is 1. The fourth-order valence-electron chi connectivity index (χ4n) is 4.55. The third kappa shape index (κ3) is 4.18. The number of nitrogens with one attached hydrogen (secondary N) is 1. The van der Waals surface area contributed by atoms with Crippen LogP contribution in [0.15, 0.2) is 67.0 Å². The molecule has 2 heterocycles. The Morgan fingerprint density at radius 3 is 2.52 bits per heavy atom. The van der Waals surface area contributed by atoms with Crippen LogP contribution in [0.5, 0.6) is 0 Å². The largest absolute Gasteiger partial charge is 0.337 e. The predicted molar refractivity (Wildman–Crippen MR) is 124 cm³/mol. The highest BCUT2D eigenvalue weighted by Crippen LogP contribution is 2.28. The molecule has 0 saturated heterocycles. The van der Waals surface area contributed by atoms with Crippen molar-refractivity contribution in [3.05, 3.63) is 101 Å². The van der Waals surface area contributed by atoms with Crippen molar-refractivity contribution in [3.8, 4) is 5.69 Å². The van der Waals surface area contributed by atoms with Gasteiger partial charge >= 0.3 is 0 Å². The molecule has 1 unspecified atom stereocenters. The average Bonchev–Trinajstić information content (AvgIpc) is 3.33. The highest BCUT2D eigenvalue weighted by molar-refractivity contribution is 5.94. The summed E-state index contributed by atoms with van der Waals surface area (Å²) < 4.78 is 17.3. The highest BCUT2D eigenvalue weighted by atomic mass is 19.1. The normalized spacial score (nSPS) is 14.4. The van der Waals surface area contributed by atoms with E-state index in [9.17, 15) is 9.18 Å². The molecule has 33 heavy (non-hydrogen) atoms. The third-order valence-electron chi connectivity index (χ3n) is 6.24. The van der Waals surface area contributed by atoms with Gasteiger partial charge in [0.15, 0.2) is 5.69 Å². The molecule has 1 N–H and O–H groups in total. The summed E-state index contributed by atoms with van der Waals surface area (Å²) in [6, 6.07) is 15.6. The molecule has 168 valence electrons. The monoisotopic (exact) mass is 443 g/mol. The number of carbonyl (C=O) groups is 1. The zero-order valence-electron chi connectivity index (χ0n) is 18.5. The molecule has 0 spiro atoms. The van der Waals surface area contributed by atoms with Gasteiger partial charge in [-0.25, -0.2) is 14.1 Å². The van der Waals surface area contributed by atoms with Crippen molar-refractivity contribution < 1.29 is 9.18 Å². The topological polar surface area (TPSA) is 64.7 Å². The minimum absolute atomic E-state index is 0.250. The van der Waals surface area contributed by atoms with Crippen molar-refractivity contribution in [2.24, 2.45) is 7.05 Å². The molecule has 0 aliphatic heterocycles. The van der Waals surface area contributed by atoms with Crippen LogP contribution in [0.4, 0.5) is 4.39 Å². The van der Waals surface area contributed by atoms with Gasteiger partial charge in [-0.1, -0.05) is 36.8 Å². The van der Waals surface area contributed by atoms with Crippen molar-refractivity contribution in [1.82, 2.24) is 24.6 Å². The van der Waals surface area contributed by atoms with Gasteiger partial charge in [0.2, 0.25) is 0 Å². The van der Waals surface area contributed by atoms with Crippen LogP contribution in [-0.4, -0.2) is 25.2 Å². The number of para-hydroxylation sites is 1. The molecule has 0 bridgehead atoms. The number of nitrogens with zero attached hydrogens (tertiary/aromatic N) is 4. The lowest BCUT2D eigenvalue weighted by Crippen LogP contribution is -2.32. The molecule has 0 fully saturated rings. The predicted octanol–water partition coefficient (Wildman–Crippen LogP) is 4.53. The molecule has 1 aliphatic carbocycles. The maximum atomic E-state index is 13.6. The van der Waals surface area contributed by atoms with Crippen molar-refractivity contribution in [1.29, 1.82) is 0 Å². The Labute approximate surface area is 192 Å². The van der Waals surface area contributed by atoms with E-state index in [1.54, 1.807) is 18.3 Å². The Bertz CT molecular complexity index is 1260. The van der Waals surface area contributed by atoms with Gasteiger partial charge in [-0.05, 0) is 55.5 Å². The van der Waals surface area contributed by atoms with Crippen molar-refractivity contribution in [2.75, 3.05) is 0 Å². The first kappa shape index (κ1) is 21.1. The van der Waals surface area contributed by atoms with Crippen LogP contribution < -0.4 is 5.32 Å². The van der Waals surface area contributed by atoms with E-state index < -0.39 is 6.04 Å². The van der Waals surface area contributed by atoms with Crippen molar-refractivity contribution >= 4 is 5.91 Å². The van der Waals surface area contributed by atoms with Gasteiger partial charge in [-0.3, -0.25) is 4.79 Å². The summed E-state index contributed by atoms with van der Waals surface area (Å²) in [6.45, 7) is 0. The van der Waals surface area contributed by atoms with Crippen LogP contribution in [0.25, 0.3) is 5.69 Å². The standard InChI is InChI=1S/C26H26FN5O/c1-31-17-16-28-25(31)23(18-12-14-19(27)15-13-18)29-26(33)24-21-10-6-3-7-11-22(21)32(30-24)20-8-4-2-5-9-20/h2,4-5,8-9,12-17,23H,3,6-7,10-11H2,1H3,(H,29,33). The van der Waals surface area contributed by atoms with Gasteiger partial charge in [-0.15, -0.1) is 0 Å². The molecular formula is C26H26FN5O. The van der Waals surface area contributed by atoms with Gasteiger partial charge in [0.05, 0.1) is 5.69 Å². The number of hydrogen-bond acceptors (Lipinski definition) is 3. The van der Waals surface area contributed by atoms with Gasteiger partial charge in [-0.2, -0.15) is 5.10 Å². The number of rotatable bonds is 5. The van der Waals surface area contributed by atoms with E-state index >= 15 is 0 Å². The zero-order valence-corrected chi connectivity index (χ0v) is 18.5. The molecule has 6 nitrogen and oxygen atoms in total. The summed E-state index contributed by atoms with van der Waals surface area (Å²) >= 11 is 0. The van der Waals surface area contributed by atoms with Gasteiger partial charge in [0, 0.05) is 30.7 Å². The van der Waals surface area contributed by atoms with Crippen LogP contribution in [0.1, 0.15) is 58.4 Å². The minimum atomic E-state index is -0.526. The number of aromatic nitrogens is 4. The Morgan fingerprint density at radius 2 is 1.79 bits per heavy atom. The molecule has 7 heteroatoms. The first-order valence-electron chi connectivity index (χ1n) is 11.3. The molecule has 2 aromatic heterocycles. The molecule has 4 aromatic rings. The molecule has 0 radical (unpaired) electrons. The van der Waals surface area contributed by atoms with Crippen LogP contribution >= 0.6 is 0 Å². The Balaban J connectivity index is 1.55. The lowest BCUT2D eigenvalue weighted by Gasteiger charge is -2.19. The number of aryl methyl sites for hydroxylation is 1. The lowest BCUT2D eigenvalue weighted by molar-refractivity contribution is 0.0934. The molecule has 1 atom stereocenters. The van der Waals surface area contributed by atoms with E-state index in [4.69, 9.17) is 5.10 Å². The molecule has 2 aromatic carbocycles. The maximum Gasteiger partial charge on any atom is 0.272 e. The summed E-state index contributed by atoms with van der Waals surface area (Å²) in [5, 5.41) is 7.91. The average molecular weight is 444 g/mol. The van der Waals surface area contributed by atoms with E-state index in [0.29, 0.717) is 11.5 Å². The van der Waals surface area contributed by atoms with Crippen molar-refractivity contribution in [2.45, 2.75) is 38.1 Å². The fourth-order valence-corrected chi connectivity index (χ4v) is 4.55. The number of halogens is 1. The summed E-state index contributed by atoms with van der Waals surface area (Å²) in [7, 11) is 1.88.